The van der Waals surface area contributed by atoms with E-state index in [2.05, 4.69) is 6.58 Å². The molecule has 0 radical (unpaired) electrons. The Kier molecular flexibility index (Phi) is 4.75. The second kappa shape index (κ2) is 7.63. The maximum Gasteiger partial charge on any atom is 0.333 e. The van der Waals surface area contributed by atoms with Crippen LogP contribution in [0.3, 0.4) is 0 Å². The van der Waals surface area contributed by atoms with Crippen LogP contribution in [0.5, 0.6) is 0 Å². The van der Waals surface area contributed by atoms with Crippen molar-refractivity contribution in [2.75, 3.05) is 0 Å². The lowest BCUT2D eigenvalue weighted by Crippen LogP contribution is -2.45. The van der Waals surface area contributed by atoms with Gasteiger partial charge < -0.3 is 14.2 Å². The third-order valence-electron chi connectivity index (χ3n) is 7.97. The largest absolute Gasteiger partial charge is 0.458 e. The number of esters is 3. The van der Waals surface area contributed by atoms with Crippen molar-refractivity contribution >= 4 is 23.7 Å². The van der Waals surface area contributed by atoms with Crippen LogP contribution in [0.15, 0.2) is 60.7 Å². The Hall–Kier alpha value is -3.74. The van der Waals surface area contributed by atoms with Crippen LogP contribution in [0.1, 0.15) is 59.3 Å². The lowest BCUT2D eigenvalue weighted by atomic mass is 9.76. The minimum Gasteiger partial charge on any atom is -0.458 e. The molecule has 0 aromatic heterocycles. The molecule has 3 aliphatic carbocycles. The fourth-order valence-corrected chi connectivity index (χ4v) is 6.48. The summed E-state index contributed by atoms with van der Waals surface area (Å²) in [6, 6.07) is 14.3. The smallest absolute Gasteiger partial charge is 0.333 e. The molecule has 178 valence electrons. The Balaban J connectivity index is 1.32. The minimum atomic E-state index is -0.724. The van der Waals surface area contributed by atoms with E-state index in [0.717, 1.165) is 0 Å². The van der Waals surface area contributed by atoms with Gasteiger partial charge in [-0.3, -0.25) is 14.4 Å². The molecule has 5 atom stereocenters. The van der Waals surface area contributed by atoms with Crippen LogP contribution in [0, 0.1) is 17.3 Å². The number of hydrogen-bond acceptors (Lipinski definition) is 7. The van der Waals surface area contributed by atoms with Gasteiger partial charge >= 0.3 is 17.9 Å². The predicted octanol–water partition coefficient (Wildman–Crippen LogP) is 3.69. The first-order valence-corrected chi connectivity index (χ1v) is 11.8. The van der Waals surface area contributed by atoms with Gasteiger partial charge in [-0.1, -0.05) is 55.1 Å². The van der Waals surface area contributed by atoms with E-state index < -0.39 is 41.6 Å². The van der Waals surface area contributed by atoms with Crippen molar-refractivity contribution in [2.24, 2.45) is 17.3 Å². The van der Waals surface area contributed by atoms with Crippen LogP contribution in [0.4, 0.5) is 0 Å². The van der Waals surface area contributed by atoms with E-state index in [1.165, 1.54) is 0 Å². The van der Waals surface area contributed by atoms with Crippen LogP contribution in [-0.4, -0.2) is 35.9 Å². The molecule has 0 amide bonds. The van der Waals surface area contributed by atoms with Crippen molar-refractivity contribution in [1.29, 1.82) is 0 Å². The number of ketones is 1. The molecular weight excluding hydrogens is 448 g/mol. The summed E-state index contributed by atoms with van der Waals surface area (Å²) in [4.78, 5) is 51.2. The third-order valence-corrected chi connectivity index (χ3v) is 7.97. The van der Waals surface area contributed by atoms with E-state index in [-0.39, 0.29) is 29.7 Å². The fraction of sp³-hybridized carbons (Fsp3) is 0.357. The number of ether oxygens (including phenoxy) is 3. The van der Waals surface area contributed by atoms with Crippen LogP contribution in [0.2, 0.25) is 0 Å². The summed E-state index contributed by atoms with van der Waals surface area (Å²) in [6.45, 7) is 5.19. The summed E-state index contributed by atoms with van der Waals surface area (Å²) in [5.41, 5.74) is 2.02. The van der Waals surface area contributed by atoms with Crippen molar-refractivity contribution < 1.29 is 33.4 Å². The lowest BCUT2D eigenvalue weighted by molar-refractivity contribution is -0.172. The maximum absolute atomic E-state index is 13.6. The fourth-order valence-electron chi connectivity index (χ4n) is 6.48. The first-order valence-electron chi connectivity index (χ1n) is 11.8. The highest BCUT2D eigenvalue weighted by Gasteiger charge is 2.70. The van der Waals surface area contributed by atoms with Gasteiger partial charge in [-0.25, -0.2) is 4.79 Å². The average molecular weight is 472 g/mol. The average Bonchev–Trinajstić information content (AvgIpc) is 3.47. The van der Waals surface area contributed by atoms with Crippen molar-refractivity contribution in [3.05, 3.63) is 82.9 Å². The van der Waals surface area contributed by atoms with Gasteiger partial charge in [-0.2, -0.15) is 0 Å². The molecule has 2 bridgehead atoms. The molecule has 2 aromatic rings. The van der Waals surface area contributed by atoms with E-state index in [4.69, 9.17) is 14.2 Å². The molecule has 35 heavy (non-hydrogen) atoms. The summed E-state index contributed by atoms with van der Waals surface area (Å²) in [5.74, 6) is -2.31. The highest BCUT2D eigenvalue weighted by molar-refractivity contribution is 6.12. The molecule has 1 saturated heterocycles. The first kappa shape index (κ1) is 21.8. The zero-order chi connectivity index (χ0) is 24.5. The number of carbonyl (C=O) groups is 4. The molecule has 7 heteroatoms. The van der Waals surface area contributed by atoms with Crippen LogP contribution >= 0.6 is 0 Å². The number of benzene rings is 2. The van der Waals surface area contributed by atoms with E-state index in [0.29, 0.717) is 35.1 Å². The molecule has 5 unspecified atom stereocenters. The van der Waals surface area contributed by atoms with Crippen molar-refractivity contribution in [3.63, 3.8) is 0 Å². The lowest BCUT2D eigenvalue weighted by Gasteiger charge is -2.36. The van der Waals surface area contributed by atoms with Gasteiger partial charge in [0, 0.05) is 39.2 Å². The SMILES string of the molecule is C=C(C)C(=O)OC1C2CC3(CC(=O)OC13)CC2C(=O)OC1c2ccccc2C(=O)c2ccccc21. The molecule has 1 spiro atoms. The molecule has 1 aliphatic heterocycles. The molecule has 2 aromatic carbocycles. The zero-order valence-corrected chi connectivity index (χ0v) is 19.2. The Morgan fingerprint density at radius 3 is 2.23 bits per heavy atom. The molecule has 0 N–H and O–H groups in total. The monoisotopic (exact) mass is 472 g/mol. The zero-order valence-electron chi connectivity index (χ0n) is 19.2. The van der Waals surface area contributed by atoms with Gasteiger partial charge in [0.15, 0.2) is 11.9 Å². The second-order valence-corrected chi connectivity index (χ2v) is 10.1. The van der Waals surface area contributed by atoms with Gasteiger partial charge in [0.25, 0.3) is 0 Å². The van der Waals surface area contributed by atoms with Crippen LogP contribution in [-0.2, 0) is 28.6 Å². The summed E-state index contributed by atoms with van der Waals surface area (Å²) >= 11 is 0. The summed E-state index contributed by atoms with van der Waals surface area (Å²) in [7, 11) is 0. The Labute approximate surface area is 202 Å². The van der Waals surface area contributed by atoms with Crippen molar-refractivity contribution in [2.45, 2.75) is 44.5 Å². The molecule has 6 rings (SSSR count). The van der Waals surface area contributed by atoms with Gasteiger partial charge in [0.1, 0.15) is 12.2 Å². The highest BCUT2D eigenvalue weighted by atomic mass is 16.6. The molecule has 4 aliphatic rings. The summed E-state index contributed by atoms with van der Waals surface area (Å²) in [6.07, 6.45) is -0.817. The minimum absolute atomic E-state index is 0.0986. The number of rotatable bonds is 4. The summed E-state index contributed by atoms with van der Waals surface area (Å²) < 4.78 is 17.4. The molecule has 7 nitrogen and oxygen atoms in total. The molecule has 3 fully saturated rings. The summed E-state index contributed by atoms with van der Waals surface area (Å²) in [5, 5.41) is 0. The Bertz CT molecular complexity index is 1260. The van der Waals surface area contributed by atoms with E-state index >= 15 is 0 Å². The van der Waals surface area contributed by atoms with Gasteiger partial charge in [0.2, 0.25) is 0 Å². The predicted molar refractivity (Wildman–Crippen MR) is 122 cm³/mol. The maximum atomic E-state index is 13.6. The highest BCUT2D eigenvalue weighted by Crippen LogP contribution is 2.63. The second-order valence-electron chi connectivity index (χ2n) is 10.1. The first-order chi connectivity index (χ1) is 16.8. The quantitative estimate of drug-likeness (QED) is 0.380. The van der Waals surface area contributed by atoms with Gasteiger partial charge in [0.05, 0.1) is 12.3 Å². The third kappa shape index (κ3) is 3.17. The van der Waals surface area contributed by atoms with E-state index in [1.807, 2.05) is 12.1 Å². The van der Waals surface area contributed by atoms with Crippen LogP contribution < -0.4 is 0 Å². The van der Waals surface area contributed by atoms with Crippen molar-refractivity contribution in [1.82, 2.24) is 0 Å². The van der Waals surface area contributed by atoms with E-state index in [9.17, 15) is 19.2 Å². The topological polar surface area (TPSA) is 96.0 Å². The molecule has 2 saturated carbocycles. The Morgan fingerprint density at radius 1 is 0.971 bits per heavy atom. The molecular formula is C28H24O7. The standard InChI is InChI=1S/C28H24O7/c1-14(2)26(31)35-24-19-11-28(13-21(29)33-25(24)28)12-20(19)27(32)34-23-17-9-5-3-7-15(17)22(30)16-8-4-6-10-18(16)23/h3-10,19-20,23-25H,1,11-13H2,2H3. The number of fused-ring (bicyclic) bond motifs is 3. The van der Waals surface area contributed by atoms with Gasteiger partial charge in [-0.05, 0) is 19.8 Å². The number of carbonyl (C=O) groups excluding carboxylic acids is 4. The number of hydrogen-bond donors (Lipinski definition) is 0. The van der Waals surface area contributed by atoms with Crippen LogP contribution in [0.25, 0.3) is 0 Å². The normalized spacial score (nSPS) is 30.2. The Morgan fingerprint density at radius 2 is 1.60 bits per heavy atom. The van der Waals surface area contributed by atoms with E-state index in [1.54, 1.807) is 43.3 Å². The van der Waals surface area contributed by atoms with Gasteiger partial charge in [-0.15, -0.1) is 0 Å². The molecule has 1 heterocycles. The van der Waals surface area contributed by atoms with Crippen molar-refractivity contribution in [3.8, 4) is 0 Å².